The summed E-state index contributed by atoms with van der Waals surface area (Å²) in [4.78, 5) is 40.9. The van der Waals surface area contributed by atoms with Crippen LogP contribution in [-0.2, 0) is 19.1 Å². The van der Waals surface area contributed by atoms with Gasteiger partial charge in [0.1, 0.15) is 6.61 Å². The lowest BCUT2D eigenvalue weighted by Crippen LogP contribution is -2.40. The van der Waals surface area contributed by atoms with E-state index in [1.54, 1.807) is 4.90 Å². The maximum Gasteiger partial charge on any atom is 0.248 e. The van der Waals surface area contributed by atoms with Gasteiger partial charge in [0.25, 0.3) is 0 Å². The molecule has 7 nitrogen and oxygen atoms in total. The van der Waals surface area contributed by atoms with Gasteiger partial charge in [-0.05, 0) is 12.8 Å². The molecule has 0 fully saturated rings. The van der Waals surface area contributed by atoms with E-state index in [0.29, 0.717) is 39.1 Å². The van der Waals surface area contributed by atoms with E-state index < -0.39 is 0 Å². The summed E-state index contributed by atoms with van der Waals surface area (Å²) >= 11 is 0. The number of carbonyl (C=O) groups is 3. The highest BCUT2D eigenvalue weighted by Crippen LogP contribution is 2.14. The molecule has 1 N–H and O–H groups in total. The van der Waals surface area contributed by atoms with E-state index in [-0.39, 0.29) is 24.3 Å². The summed E-state index contributed by atoms with van der Waals surface area (Å²) < 4.78 is 5.80. The molecular weight excluding hydrogens is 586 g/mol. The highest BCUT2D eigenvalue weighted by molar-refractivity contribution is 5.77. The lowest BCUT2D eigenvalue weighted by molar-refractivity contribution is -0.137. The fourth-order valence-electron chi connectivity index (χ4n) is 6.11. The van der Waals surface area contributed by atoms with Gasteiger partial charge in [-0.3, -0.25) is 14.4 Å². The van der Waals surface area contributed by atoms with E-state index in [2.05, 4.69) is 19.2 Å². The first-order valence-electron chi connectivity index (χ1n) is 20.4. The number of amides is 3. The first-order chi connectivity index (χ1) is 23.0. The molecule has 7 heteroatoms. The van der Waals surface area contributed by atoms with Gasteiger partial charge in [0, 0.05) is 45.6 Å². The van der Waals surface area contributed by atoms with Gasteiger partial charge in [0.15, 0.2) is 0 Å². The molecule has 0 aromatic carbocycles. The standard InChI is InChI=1S/C40H79N3O4/c1-5-9-11-13-15-17-19-21-23-25-27-29-32-42(33-30-28-26-24-22-20-18-16-14-12-10-6-2)40(46)37-47-36-35-43(39(45)8-4)34-31-41-38(44)7-3/h5-37H2,1-4H3,(H,41,44). The SMILES string of the molecule is CCCCCCCCCCCCCCN(CCCCCCCCCCCCCC)C(=O)COCCN(CCNC(=O)CC)C(=O)CC. The number of carbonyl (C=O) groups excluding carboxylic acids is 3. The van der Waals surface area contributed by atoms with E-state index in [1.807, 2.05) is 18.7 Å². The molecule has 0 heterocycles. The van der Waals surface area contributed by atoms with Gasteiger partial charge in [-0.15, -0.1) is 0 Å². The van der Waals surface area contributed by atoms with E-state index >= 15 is 0 Å². The number of nitrogens with one attached hydrogen (secondary N) is 1. The van der Waals surface area contributed by atoms with Gasteiger partial charge in [0.2, 0.25) is 17.7 Å². The summed E-state index contributed by atoms with van der Waals surface area (Å²) in [5.74, 6) is 0.0862. The largest absolute Gasteiger partial charge is 0.370 e. The van der Waals surface area contributed by atoms with Crippen molar-refractivity contribution in [2.24, 2.45) is 0 Å². The Bertz CT molecular complexity index is 690. The van der Waals surface area contributed by atoms with Crippen molar-refractivity contribution in [3.8, 4) is 0 Å². The van der Waals surface area contributed by atoms with Crippen molar-refractivity contribution in [1.29, 1.82) is 0 Å². The van der Waals surface area contributed by atoms with E-state index in [0.717, 1.165) is 25.9 Å². The fourth-order valence-corrected chi connectivity index (χ4v) is 6.11. The molecule has 278 valence electrons. The van der Waals surface area contributed by atoms with Gasteiger partial charge >= 0.3 is 0 Å². The Morgan fingerprint density at radius 3 is 1.21 bits per heavy atom. The van der Waals surface area contributed by atoms with Crippen LogP contribution < -0.4 is 5.32 Å². The molecule has 0 radical (unpaired) electrons. The third kappa shape index (κ3) is 30.2. The number of hydrogen-bond donors (Lipinski definition) is 1. The Kier molecular flexibility index (Phi) is 34.4. The summed E-state index contributed by atoms with van der Waals surface area (Å²) in [5, 5.41) is 2.83. The molecule has 0 unspecified atom stereocenters. The average Bonchev–Trinajstić information content (AvgIpc) is 3.08. The molecule has 3 amide bonds. The first-order valence-corrected chi connectivity index (χ1v) is 20.4. The van der Waals surface area contributed by atoms with E-state index in [4.69, 9.17) is 4.74 Å². The summed E-state index contributed by atoms with van der Waals surface area (Å²) in [6.45, 7) is 11.5. The van der Waals surface area contributed by atoms with Crippen molar-refractivity contribution in [3.05, 3.63) is 0 Å². The van der Waals surface area contributed by atoms with Crippen molar-refractivity contribution in [2.45, 2.75) is 195 Å². The van der Waals surface area contributed by atoms with Crippen LogP contribution in [0.5, 0.6) is 0 Å². The van der Waals surface area contributed by atoms with Gasteiger partial charge in [-0.1, -0.05) is 169 Å². The molecule has 0 saturated heterocycles. The van der Waals surface area contributed by atoms with Crippen LogP contribution in [-0.4, -0.2) is 73.5 Å². The molecule has 0 aromatic heterocycles. The topological polar surface area (TPSA) is 79.0 Å². The zero-order valence-corrected chi connectivity index (χ0v) is 31.9. The Morgan fingerprint density at radius 2 is 0.830 bits per heavy atom. The second-order valence-electron chi connectivity index (χ2n) is 13.6. The van der Waals surface area contributed by atoms with Crippen LogP contribution in [0.4, 0.5) is 0 Å². The van der Waals surface area contributed by atoms with Crippen molar-refractivity contribution < 1.29 is 19.1 Å². The maximum atomic E-state index is 13.2. The monoisotopic (exact) mass is 666 g/mol. The lowest BCUT2D eigenvalue weighted by atomic mass is 10.0. The van der Waals surface area contributed by atoms with Crippen LogP contribution in [0.15, 0.2) is 0 Å². The molecule has 0 aliphatic carbocycles. The van der Waals surface area contributed by atoms with Crippen LogP contribution in [0.3, 0.4) is 0 Å². The molecule has 47 heavy (non-hydrogen) atoms. The fraction of sp³-hybridized carbons (Fsp3) is 0.925. The zero-order chi connectivity index (χ0) is 34.6. The molecule has 0 aromatic rings. The van der Waals surface area contributed by atoms with E-state index in [9.17, 15) is 14.4 Å². The van der Waals surface area contributed by atoms with E-state index in [1.165, 1.54) is 141 Å². The number of rotatable bonds is 36. The Morgan fingerprint density at radius 1 is 0.447 bits per heavy atom. The van der Waals surface area contributed by atoms with Crippen molar-refractivity contribution in [2.75, 3.05) is 45.9 Å². The number of hydrogen-bond acceptors (Lipinski definition) is 4. The smallest absolute Gasteiger partial charge is 0.248 e. The predicted molar refractivity (Wildman–Crippen MR) is 200 cm³/mol. The molecule has 0 saturated carbocycles. The van der Waals surface area contributed by atoms with Crippen LogP contribution >= 0.6 is 0 Å². The molecule has 0 rings (SSSR count). The quantitative estimate of drug-likeness (QED) is 0.0676. The average molecular weight is 666 g/mol. The van der Waals surface area contributed by atoms with Crippen molar-refractivity contribution in [3.63, 3.8) is 0 Å². The molecule has 0 atom stereocenters. The van der Waals surface area contributed by atoms with Gasteiger partial charge in [-0.25, -0.2) is 0 Å². The Labute approximate surface area is 292 Å². The number of ether oxygens (including phenoxy) is 1. The second-order valence-corrected chi connectivity index (χ2v) is 13.6. The highest BCUT2D eigenvalue weighted by atomic mass is 16.5. The molecule has 0 aliphatic rings. The Hall–Kier alpha value is -1.63. The molecular formula is C40H79N3O4. The van der Waals surface area contributed by atoms with Crippen LogP contribution in [0, 0.1) is 0 Å². The number of nitrogens with zero attached hydrogens (tertiary/aromatic N) is 2. The van der Waals surface area contributed by atoms with Crippen molar-refractivity contribution in [1.82, 2.24) is 15.1 Å². The maximum absolute atomic E-state index is 13.2. The minimum Gasteiger partial charge on any atom is -0.370 e. The summed E-state index contributed by atoms with van der Waals surface area (Å²) in [7, 11) is 0. The lowest BCUT2D eigenvalue weighted by Gasteiger charge is -2.24. The van der Waals surface area contributed by atoms with Gasteiger partial charge < -0.3 is 19.9 Å². The van der Waals surface area contributed by atoms with Crippen LogP contribution in [0.25, 0.3) is 0 Å². The third-order valence-corrected chi connectivity index (χ3v) is 9.33. The minimum absolute atomic E-state index is 0.0165. The zero-order valence-electron chi connectivity index (χ0n) is 31.9. The van der Waals surface area contributed by atoms with Gasteiger partial charge in [0.05, 0.1) is 6.61 Å². The Balaban J connectivity index is 4.45. The third-order valence-electron chi connectivity index (χ3n) is 9.33. The summed E-state index contributed by atoms with van der Waals surface area (Å²) in [6.07, 6.45) is 32.4. The van der Waals surface area contributed by atoms with Crippen molar-refractivity contribution >= 4 is 17.7 Å². The minimum atomic E-state index is -0.0165. The van der Waals surface area contributed by atoms with Gasteiger partial charge in [-0.2, -0.15) is 0 Å². The second kappa shape index (κ2) is 35.7. The van der Waals surface area contributed by atoms with Crippen LogP contribution in [0.1, 0.15) is 195 Å². The molecule has 0 aliphatic heterocycles. The predicted octanol–water partition coefficient (Wildman–Crippen LogP) is 10.00. The number of unbranched alkanes of at least 4 members (excludes halogenated alkanes) is 22. The summed E-state index contributed by atoms with van der Waals surface area (Å²) in [6, 6.07) is 0. The summed E-state index contributed by atoms with van der Waals surface area (Å²) in [5.41, 5.74) is 0. The molecule has 0 bridgehead atoms. The molecule has 0 spiro atoms. The van der Waals surface area contributed by atoms with Crippen LogP contribution in [0.2, 0.25) is 0 Å². The first kappa shape index (κ1) is 45.4. The highest BCUT2D eigenvalue weighted by Gasteiger charge is 2.15. The normalized spacial score (nSPS) is 11.1.